The number of halogens is 1. The van der Waals surface area contributed by atoms with Crippen LogP contribution in [-0.2, 0) is 5.41 Å². The van der Waals surface area contributed by atoms with Gasteiger partial charge in [0.15, 0.2) is 5.11 Å². The maximum Gasteiger partial charge on any atom is 0.232 e. The van der Waals surface area contributed by atoms with Crippen LogP contribution in [0.3, 0.4) is 0 Å². The molecule has 36 heavy (non-hydrogen) atoms. The Bertz CT molecular complexity index is 1030. The van der Waals surface area contributed by atoms with Gasteiger partial charge in [0.05, 0.1) is 0 Å². The van der Waals surface area contributed by atoms with Crippen LogP contribution in [-0.4, -0.2) is 47.8 Å². The van der Waals surface area contributed by atoms with E-state index >= 15 is 0 Å². The van der Waals surface area contributed by atoms with Gasteiger partial charge in [-0.1, -0.05) is 55.8 Å². The fourth-order valence-corrected chi connectivity index (χ4v) is 6.41. The monoisotopic (exact) mass is 526 g/mol. The van der Waals surface area contributed by atoms with Crippen LogP contribution >= 0.6 is 23.8 Å². The number of hydrogen-bond acceptors (Lipinski definition) is 5. The third kappa shape index (κ3) is 6.23. The van der Waals surface area contributed by atoms with E-state index < -0.39 is 0 Å². The Balaban J connectivity index is 1.32. The van der Waals surface area contributed by atoms with E-state index in [0.717, 1.165) is 62.2 Å². The van der Waals surface area contributed by atoms with E-state index in [-0.39, 0.29) is 5.41 Å². The predicted octanol–water partition coefficient (Wildman–Crippen LogP) is 6.30. The number of nitrogens with zero attached hydrogens (tertiary/aromatic N) is 4. The number of hydrogen-bond donors (Lipinski definition) is 2. The average molecular weight is 527 g/mol. The Labute approximate surface area is 226 Å². The van der Waals surface area contributed by atoms with Crippen LogP contribution in [0.25, 0.3) is 0 Å². The molecule has 3 heterocycles. The molecule has 1 saturated carbocycles. The Morgan fingerprint density at radius 1 is 0.833 bits per heavy atom. The second-order valence-corrected chi connectivity index (χ2v) is 11.5. The number of nitrogens with one attached hydrogen (secondary N) is 2. The molecule has 3 aliphatic rings. The number of rotatable bonds is 6. The summed E-state index contributed by atoms with van der Waals surface area (Å²) in [6.07, 6.45) is 13.5. The summed E-state index contributed by atoms with van der Waals surface area (Å²) in [5.74, 6) is 2.62. The van der Waals surface area contributed by atoms with Crippen LogP contribution in [0.15, 0.2) is 30.3 Å². The third-order valence-electron chi connectivity index (χ3n) is 8.12. The molecule has 0 unspecified atom stereocenters. The number of benzene rings is 1. The van der Waals surface area contributed by atoms with Crippen molar-refractivity contribution in [3.63, 3.8) is 0 Å². The summed E-state index contributed by atoms with van der Waals surface area (Å²) in [6.45, 7) is 5.01. The molecule has 3 fully saturated rings. The van der Waals surface area contributed by atoms with Crippen LogP contribution in [0.2, 0.25) is 5.02 Å². The van der Waals surface area contributed by atoms with Gasteiger partial charge in [-0.25, -0.2) is 0 Å². The summed E-state index contributed by atoms with van der Waals surface area (Å²) in [5.41, 5.74) is 1.35. The molecule has 2 aliphatic heterocycles. The molecule has 0 radical (unpaired) electrons. The van der Waals surface area contributed by atoms with Crippen LogP contribution in [0.4, 0.5) is 17.6 Å². The number of anilines is 3. The number of thiocarbonyl (C=S) groups is 1. The Kier molecular flexibility index (Phi) is 8.47. The highest BCUT2D eigenvalue weighted by atomic mass is 35.5. The van der Waals surface area contributed by atoms with Crippen molar-refractivity contribution in [3.05, 3.63) is 40.9 Å². The Morgan fingerprint density at radius 3 is 2.03 bits per heavy atom. The summed E-state index contributed by atoms with van der Waals surface area (Å²) in [5, 5.41) is 8.25. The second kappa shape index (κ2) is 12.0. The zero-order chi connectivity index (χ0) is 24.8. The second-order valence-electron chi connectivity index (χ2n) is 10.7. The van der Waals surface area contributed by atoms with Gasteiger partial charge in [-0.05, 0) is 68.4 Å². The molecular weight excluding hydrogens is 488 g/mol. The summed E-state index contributed by atoms with van der Waals surface area (Å²) in [7, 11) is 0. The van der Waals surface area contributed by atoms with Crippen LogP contribution in [0.5, 0.6) is 0 Å². The van der Waals surface area contributed by atoms with Crippen molar-refractivity contribution in [2.24, 2.45) is 0 Å². The van der Waals surface area contributed by atoms with Crippen LogP contribution in [0, 0.1) is 0 Å². The van der Waals surface area contributed by atoms with Gasteiger partial charge in [-0.3, -0.25) is 0 Å². The van der Waals surface area contributed by atoms with Crippen molar-refractivity contribution in [1.29, 1.82) is 0 Å². The normalized spacial score (nSPS) is 20.1. The van der Waals surface area contributed by atoms with E-state index in [1.165, 1.54) is 63.4 Å². The van der Waals surface area contributed by atoms with E-state index in [1.807, 2.05) is 6.07 Å². The summed E-state index contributed by atoms with van der Waals surface area (Å²) in [6, 6.07) is 10.5. The smallest absolute Gasteiger partial charge is 0.232 e. The lowest BCUT2D eigenvalue weighted by Crippen LogP contribution is -2.43. The Hall–Kier alpha value is -2.12. The molecule has 1 aromatic heterocycles. The van der Waals surface area contributed by atoms with Gasteiger partial charge in [-0.2, -0.15) is 9.97 Å². The van der Waals surface area contributed by atoms with Gasteiger partial charge in [-0.15, -0.1) is 0 Å². The molecule has 8 heteroatoms. The van der Waals surface area contributed by atoms with E-state index in [2.05, 4.69) is 44.7 Å². The maximum absolute atomic E-state index is 6.37. The predicted molar refractivity (Wildman–Crippen MR) is 155 cm³/mol. The average Bonchev–Trinajstić information content (AvgIpc) is 3.30. The van der Waals surface area contributed by atoms with E-state index in [4.69, 9.17) is 33.8 Å². The molecule has 2 aromatic rings. The van der Waals surface area contributed by atoms with Crippen molar-refractivity contribution in [2.75, 3.05) is 47.8 Å². The van der Waals surface area contributed by atoms with Gasteiger partial charge >= 0.3 is 0 Å². The molecule has 2 N–H and O–H groups in total. The molecule has 1 aromatic carbocycles. The molecule has 6 nitrogen and oxygen atoms in total. The minimum Gasteiger partial charge on any atom is -0.361 e. The first-order valence-electron chi connectivity index (χ1n) is 13.8. The summed E-state index contributed by atoms with van der Waals surface area (Å²) in [4.78, 5) is 14.6. The molecule has 1 aliphatic carbocycles. The van der Waals surface area contributed by atoms with E-state index in [1.54, 1.807) is 0 Å². The van der Waals surface area contributed by atoms with Gasteiger partial charge in [0, 0.05) is 49.2 Å². The van der Waals surface area contributed by atoms with Gasteiger partial charge < -0.3 is 20.4 Å². The minimum absolute atomic E-state index is 0.0460. The van der Waals surface area contributed by atoms with Crippen molar-refractivity contribution in [1.82, 2.24) is 15.3 Å². The lowest BCUT2D eigenvalue weighted by molar-refractivity contribution is 0.292. The SMILES string of the molecule is S=C(NCC1(c2cccc(Cl)c2)CCCCC1)Nc1nc(N2CCCCCC2)cc(N2CCCC2)n1. The lowest BCUT2D eigenvalue weighted by atomic mass is 9.69. The zero-order valence-electron chi connectivity index (χ0n) is 21.3. The van der Waals surface area contributed by atoms with Gasteiger partial charge in [0.2, 0.25) is 5.95 Å². The van der Waals surface area contributed by atoms with E-state index in [0.29, 0.717) is 11.1 Å². The molecule has 0 amide bonds. The van der Waals surface area contributed by atoms with Crippen molar-refractivity contribution in [2.45, 2.75) is 76.0 Å². The van der Waals surface area contributed by atoms with Crippen molar-refractivity contribution >= 4 is 46.5 Å². The topological polar surface area (TPSA) is 56.3 Å². The highest BCUT2D eigenvalue weighted by molar-refractivity contribution is 7.80. The molecular formula is C28H39ClN6S. The molecule has 5 rings (SSSR count). The number of aromatic nitrogens is 2. The minimum atomic E-state index is 0.0460. The fourth-order valence-electron chi connectivity index (χ4n) is 6.06. The maximum atomic E-state index is 6.37. The van der Waals surface area contributed by atoms with Crippen molar-refractivity contribution in [3.8, 4) is 0 Å². The molecule has 0 bridgehead atoms. The summed E-state index contributed by atoms with van der Waals surface area (Å²) >= 11 is 12.1. The Morgan fingerprint density at radius 2 is 1.42 bits per heavy atom. The first-order chi connectivity index (χ1) is 17.6. The van der Waals surface area contributed by atoms with Crippen LogP contribution in [0.1, 0.15) is 76.2 Å². The van der Waals surface area contributed by atoms with E-state index in [9.17, 15) is 0 Å². The highest BCUT2D eigenvalue weighted by Gasteiger charge is 2.34. The van der Waals surface area contributed by atoms with Gasteiger partial charge in [0.1, 0.15) is 11.6 Å². The first-order valence-corrected chi connectivity index (χ1v) is 14.6. The largest absolute Gasteiger partial charge is 0.361 e. The quantitative estimate of drug-likeness (QED) is 0.428. The molecule has 2 saturated heterocycles. The molecule has 0 spiro atoms. The van der Waals surface area contributed by atoms with Crippen LogP contribution < -0.4 is 20.4 Å². The fraction of sp³-hybridized carbons (Fsp3) is 0.607. The van der Waals surface area contributed by atoms with Gasteiger partial charge in [0.25, 0.3) is 0 Å². The summed E-state index contributed by atoms with van der Waals surface area (Å²) < 4.78 is 0. The zero-order valence-corrected chi connectivity index (χ0v) is 22.8. The highest BCUT2D eigenvalue weighted by Crippen LogP contribution is 2.39. The molecule has 194 valence electrons. The lowest BCUT2D eigenvalue weighted by Gasteiger charge is -2.38. The third-order valence-corrected chi connectivity index (χ3v) is 8.60. The standard InChI is InChI=1S/C28H39ClN6S/c29-23-12-10-11-22(19-23)28(13-4-3-5-14-28)21-30-27(36)33-26-31-24(34-15-6-1-2-7-16-34)20-25(32-26)35-17-8-9-18-35/h10-12,19-20H,1-9,13-18,21H2,(H2,30,31,32,33,36). The first kappa shape index (κ1) is 25.5. The molecule has 0 atom stereocenters. The van der Waals surface area contributed by atoms with Crippen molar-refractivity contribution < 1.29 is 0 Å².